The fourth-order valence-electron chi connectivity index (χ4n) is 2.88. The summed E-state index contributed by atoms with van der Waals surface area (Å²) in [4.78, 5) is 21.7. The first-order valence-corrected chi connectivity index (χ1v) is 7.75. The maximum absolute atomic E-state index is 13.1. The van der Waals surface area contributed by atoms with E-state index in [-0.39, 0.29) is 23.2 Å². The summed E-state index contributed by atoms with van der Waals surface area (Å²) in [6.45, 7) is 2.51. The van der Waals surface area contributed by atoms with Crippen molar-refractivity contribution in [3.63, 3.8) is 0 Å². The van der Waals surface area contributed by atoms with Crippen LogP contribution in [-0.4, -0.2) is 28.3 Å². The van der Waals surface area contributed by atoms with E-state index < -0.39 is 0 Å². The molecular weight excluding hydrogens is 319 g/mol. The molecule has 2 heterocycles. The number of anilines is 2. The van der Waals surface area contributed by atoms with Gasteiger partial charge in [0.05, 0.1) is 17.9 Å². The molecule has 2 atom stereocenters. The Hall–Kier alpha value is -2.21. The fraction of sp³-hybridized carbons (Fsp3) is 0.312. The van der Waals surface area contributed by atoms with Crippen molar-refractivity contribution in [3.8, 4) is 0 Å². The molecule has 1 aromatic heterocycles. The molecule has 1 aliphatic rings. The smallest absolute Gasteiger partial charge is 0.224 e. The van der Waals surface area contributed by atoms with Crippen molar-refractivity contribution in [3.05, 3.63) is 47.1 Å². The van der Waals surface area contributed by atoms with E-state index in [4.69, 9.17) is 11.6 Å². The van der Waals surface area contributed by atoms with Crippen molar-refractivity contribution in [1.29, 1.82) is 0 Å². The van der Waals surface area contributed by atoms with Gasteiger partial charge in [-0.2, -0.15) is 4.98 Å². The normalized spacial score (nSPS) is 19.9. The first-order valence-electron chi connectivity index (χ1n) is 7.38. The van der Waals surface area contributed by atoms with Crippen LogP contribution in [0.1, 0.15) is 18.9 Å². The molecule has 5 nitrogen and oxygen atoms in total. The minimum absolute atomic E-state index is 0.0731. The molecule has 0 bridgehead atoms. The Labute approximate surface area is 138 Å². The summed E-state index contributed by atoms with van der Waals surface area (Å²) >= 11 is 5.93. The predicted octanol–water partition coefficient (Wildman–Crippen LogP) is 3.05. The summed E-state index contributed by atoms with van der Waals surface area (Å²) in [6, 6.07) is 5.85. The van der Waals surface area contributed by atoms with Crippen LogP contribution in [-0.2, 0) is 11.3 Å². The van der Waals surface area contributed by atoms with Gasteiger partial charge >= 0.3 is 0 Å². The summed E-state index contributed by atoms with van der Waals surface area (Å²) in [6.07, 6.45) is 3.22. The second-order valence-electron chi connectivity index (χ2n) is 5.41. The third-order valence-corrected chi connectivity index (χ3v) is 4.16. The summed E-state index contributed by atoms with van der Waals surface area (Å²) in [7, 11) is 0. The van der Waals surface area contributed by atoms with Gasteiger partial charge in [-0.3, -0.25) is 0 Å². The lowest BCUT2D eigenvalue weighted by Gasteiger charge is -2.41. The van der Waals surface area contributed by atoms with Gasteiger partial charge in [-0.25, -0.2) is 9.37 Å². The van der Waals surface area contributed by atoms with Crippen molar-refractivity contribution < 1.29 is 9.18 Å². The summed E-state index contributed by atoms with van der Waals surface area (Å²) < 4.78 is 13.1. The molecule has 0 saturated carbocycles. The van der Waals surface area contributed by atoms with Crippen LogP contribution in [0.4, 0.5) is 15.9 Å². The van der Waals surface area contributed by atoms with Crippen LogP contribution in [0, 0.1) is 5.82 Å². The molecule has 0 saturated heterocycles. The molecule has 7 heteroatoms. The van der Waals surface area contributed by atoms with Gasteiger partial charge < -0.3 is 15.0 Å². The van der Waals surface area contributed by atoms with Gasteiger partial charge in [-0.1, -0.05) is 19.1 Å². The van der Waals surface area contributed by atoms with Crippen LogP contribution in [0.5, 0.6) is 0 Å². The SMILES string of the molecule is CC[C@@H]1C(C=O)Nc2cnc(Cl)nc2N1Cc1ccc(F)cc1. The van der Waals surface area contributed by atoms with E-state index in [0.29, 0.717) is 18.1 Å². The Morgan fingerprint density at radius 3 is 2.78 bits per heavy atom. The second-order valence-corrected chi connectivity index (χ2v) is 5.75. The van der Waals surface area contributed by atoms with E-state index in [2.05, 4.69) is 15.3 Å². The number of nitrogens with zero attached hydrogens (tertiary/aromatic N) is 3. The molecule has 0 radical (unpaired) electrons. The fourth-order valence-corrected chi connectivity index (χ4v) is 3.01. The van der Waals surface area contributed by atoms with Crippen molar-refractivity contribution in [2.45, 2.75) is 32.0 Å². The first kappa shape index (κ1) is 15.7. The van der Waals surface area contributed by atoms with E-state index in [9.17, 15) is 9.18 Å². The summed E-state index contributed by atoms with van der Waals surface area (Å²) in [5.74, 6) is 0.372. The van der Waals surface area contributed by atoms with Crippen molar-refractivity contribution in [1.82, 2.24) is 9.97 Å². The molecule has 2 aromatic rings. The van der Waals surface area contributed by atoms with E-state index in [1.165, 1.54) is 12.1 Å². The standard InChI is InChI=1S/C16H16ClFN4O/c1-2-14-13(9-23)20-12-7-19-16(17)21-15(12)22(14)8-10-3-5-11(18)6-4-10/h3-7,9,13-14,20H,2,8H2,1H3/t13?,14-/m1/s1. The average Bonchev–Trinajstić information content (AvgIpc) is 2.56. The van der Waals surface area contributed by atoms with Gasteiger partial charge in [0.15, 0.2) is 5.82 Å². The number of fused-ring (bicyclic) bond motifs is 1. The van der Waals surface area contributed by atoms with E-state index in [1.807, 2.05) is 11.8 Å². The van der Waals surface area contributed by atoms with Crippen LogP contribution in [0.2, 0.25) is 5.28 Å². The maximum Gasteiger partial charge on any atom is 0.224 e. The molecule has 23 heavy (non-hydrogen) atoms. The van der Waals surface area contributed by atoms with Crippen molar-refractivity contribution in [2.24, 2.45) is 0 Å². The lowest BCUT2D eigenvalue weighted by atomic mass is 10.0. The Morgan fingerprint density at radius 1 is 1.39 bits per heavy atom. The third-order valence-electron chi connectivity index (χ3n) is 3.98. The molecule has 0 amide bonds. The molecule has 0 aliphatic carbocycles. The lowest BCUT2D eigenvalue weighted by Crippen LogP contribution is -2.51. The number of carbonyl (C=O) groups is 1. The number of rotatable bonds is 4. The van der Waals surface area contributed by atoms with Gasteiger partial charge in [-0.15, -0.1) is 0 Å². The van der Waals surface area contributed by atoms with Crippen LogP contribution in [0.15, 0.2) is 30.5 Å². The zero-order valence-electron chi connectivity index (χ0n) is 12.5. The van der Waals surface area contributed by atoms with Crippen LogP contribution in [0.3, 0.4) is 0 Å². The molecule has 1 unspecified atom stereocenters. The summed E-state index contributed by atoms with van der Waals surface area (Å²) in [5.41, 5.74) is 1.59. The van der Waals surface area contributed by atoms with E-state index in [1.54, 1.807) is 18.3 Å². The van der Waals surface area contributed by atoms with E-state index >= 15 is 0 Å². The largest absolute Gasteiger partial charge is 0.370 e. The molecule has 3 rings (SSSR count). The van der Waals surface area contributed by atoms with Gasteiger partial charge in [0, 0.05) is 6.54 Å². The second kappa shape index (κ2) is 6.50. The molecule has 1 aromatic carbocycles. The Bertz CT molecular complexity index is 710. The molecule has 120 valence electrons. The number of hydrogen-bond acceptors (Lipinski definition) is 5. The van der Waals surface area contributed by atoms with Gasteiger partial charge in [0.1, 0.15) is 18.1 Å². The number of aromatic nitrogens is 2. The van der Waals surface area contributed by atoms with Gasteiger partial charge in [0.25, 0.3) is 0 Å². The Kier molecular flexibility index (Phi) is 4.43. The quantitative estimate of drug-likeness (QED) is 0.688. The minimum atomic E-state index is -0.363. The molecule has 1 aliphatic heterocycles. The number of nitrogens with one attached hydrogen (secondary N) is 1. The van der Waals surface area contributed by atoms with Crippen LogP contribution in [0.25, 0.3) is 0 Å². The highest BCUT2D eigenvalue weighted by Gasteiger charge is 2.34. The zero-order valence-corrected chi connectivity index (χ0v) is 13.3. The first-order chi connectivity index (χ1) is 11.1. The number of halogens is 2. The molecule has 0 fully saturated rings. The van der Waals surface area contributed by atoms with Crippen molar-refractivity contribution >= 4 is 29.4 Å². The predicted molar refractivity (Wildman–Crippen MR) is 87.2 cm³/mol. The average molecular weight is 335 g/mol. The number of carbonyl (C=O) groups excluding carboxylic acids is 1. The lowest BCUT2D eigenvalue weighted by molar-refractivity contribution is -0.108. The maximum atomic E-state index is 13.1. The van der Waals surface area contributed by atoms with Crippen LogP contribution < -0.4 is 10.2 Å². The Balaban J connectivity index is 2.01. The highest BCUT2D eigenvalue weighted by Crippen LogP contribution is 2.34. The van der Waals surface area contributed by atoms with Crippen LogP contribution >= 0.6 is 11.6 Å². The van der Waals surface area contributed by atoms with Gasteiger partial charge in [-0.05, 0) is 35.7 Å². The highest BCUT2D eigenvalue weighted by atomic mass is 35.5. The highest BCUT2D eigenvalue weighted by molar-refractivity contribution is 6.28. The zero-order chi connectivity index (χ0) is 16.4. The monoisotopic (exact) mass is 334 g/mol. The number of benzene rings is 1. The van der Waals surface area contributed by atoms with Gasteiger partial charge in [0.2, 0.25) is 5.28 Å². The number of aldehydes is 1. The topological polar surface area (TPSA) is 58.1 Å². The molecule has 0 spiro atoms. The Morgan fingerprint density at radius 2 is 2.13 bits per heavy atom. The van der Waals surface area contributed by atoms with Crippen molar-refractivity contribution in [2.75, 3.05) is 10.2 Å². The minimum Gasteiger partial charge on any atom is -0.370 e. The summed E-state index contributed by atoms with van der Waals surface area (Å²) in [5, 5.41) is 3.29. The molecule has 1 N–H and O–H groups in total. The number of hydrogen-bond donors (Lipinski definition) is 1. The van der Waals surface area contributed by atoms with E-state index in [0.717, 1.165) is 18.3 Å². The molecular formula is C16H16ClFN4O. The third kappa shape index (κ3) is 3.12.